The molecular formula is C23H35ClN2O2. The SMILES string of the molecule is CCCCC(=O)C1(c2cccc(Cl)c2)CCN(CCCN2CCOCC2)CC1. The molecule has 0 radical (unpaired) electrons. The average Bonchev–Trinajstić information content (AvgIpc) is 2.73. The summed E-state index contributed by atoms with van der Waals surface area (Å²) in [5.74, 6) is 0.407. The van der Waals surface area contributed by atoms with E-state index in [2.05, 4.69) is 22.8 Å². The van der Waals surface area contributed by atoms with Gasteiger partial charge in [0.05, 0.1) is 18.6 Å². The van der Waals surface area contributed by atoms with Crippen molar-refractivity contribution in [1.29, 1.82) is 0 Å². The van der Waals surface area contributed by atoms with E-state index in [1.165, 1.54) is 6.42 Å². The van der Waals surface area contributed by atoms with Gasteiger partial charge in [0.25, 0.3) is 0 Å². The van der Waals surface area contributed by atoms with E-state index >= 15 is 0 Å². The Morgan fingerprint density at radius 3 is 2.39 bits per heavy atom. The monoisotopic (exact) mass is 406 g/mol. The van der Waals surface area contributed by atoms with Gasteiger partial charge in [0.15, 0.2) is 0 Å². The van der Waals surface area contributed by atoms with Gasteiger partial charge in [-0.25, -0.2) is 0 Å². The molecular weight excluding hydrogens is 372 g/mol. The van der Waals surface area contributed by atoms with Crippen molar-refractivity contribution in [2.24, 2.45) is 0 Å². The topological polar surface area (TPSA) is 32.8 Å². The number of piperidine rings is 1. The summed E-state index contributed by atoms with van der Waals surface area (Å²) in [7, 11) is 0. The molecule has 2 saturated heterocycles. The highest BCUT2D eigenvalue weighted by Gasteiger charge is 2.41. The summed E-state index contributed by atoms with van der Waals surface area (Å²) in [6.07, 6.45) is 5.73. The molecule has 1 aromatic rings. The molecule has 5 heteroatoms. The van der Waals surface area contributed by atoms with Gasteiger partial charge in [-0.05, 0) is 69.6 Å². The Kier molecular flexibility index (Phi) is 8.34. The molecule has 0 bridgehead atoms. The number of rotatable bonds is 9. The average molecular weight is 407 g/mol. The second-order valence-corrected chi connectivity index (χ2v) is 8.70. The predicted octanol–water partition coefficient (Wildman–Crippen LogP) is 4.16. The highest BCUT2D eigenvalue weighted by Crippen LogP contribution is 2.38. The first-order valence-corrected chi connectivity index (χ1v) is 11.3. The number of benzene rings is 1. The molecule has 2 fully saturated rings. The molecule has 2 aliphatic heterocycles. The number of likely N-dealkylation sites (tertiary alicyclic amines) is 1. The van der Waals surface area contributed by atoms with E-state index in [4.69, 9.17) is 16.3 Å². The lowest BCUT2D eigenvalue weighted by Gasteiger charge is -2.41. The lowest BCUT2D eigenvalue weighted by molar-refractivity contribution is -0.126. The Balaban J connectivity index is 1.58. The minimum atomic E-state index is -0.346. The number of carbonyl (C=O) groups is 1. The first-order chi connectivity index (χ1) is 13.6. The van der Waals surface area contributed by atoms with Crippen molar-refractivity contribution < 1.29 is 9.53 Å². The van der Waals surface area contributed by atoms with Gasteiger partial charge >= 0.3 is 0 Å². The second kappa shape index (κ2) is 10.7. The third-order valence-electron chi connectivity index (χ3n) is 6.43. The van der Waals surface area contributed by atoms with Gasteiger partial charge < -0.3 is 9.64 Å². The molecule has 3 rings (SSSR count). The Bertz CT molecular complexity index is 623. The van der Waals surface area contributed by atoms with Crippen LogP contribution in [0.15, 0.2) is 24.3 Å². The summed E-state index contributed by atoms with van der Waals surface area (Å²) < 4.78 is 5.43. The van der Waals surface area contributed by atoms with Crippen LogP contribution in [0, 0.1) is 0 Å². The number of hydrogen-bond donors (Lipinski definition) is 0. The third-order valence-corrected chi connectivity index (χ3v) is 6.67. The highest BCUT2D eigenvalue weighted by atomic mass is 35.5. The molecule has 156 valence electrons. The van der Waals surface area contributed by atoms with Gasteiger partial charge in [-0.1, -0.05) is 37.1 Å². The molecule has 0 aliphatic carbocycles. The molecule has 0 spiro atoms. The summed E-state index contributed by atoms with van der Waals surface area (Å²) in [4.78, 5) is 18.3. The standard InChI is InChI=1S/C23H35ClN2O2/c1-2-3-8-22(27)23(20-6-4-7-21(24)19-20)9-13-25(14-10-23)11-5-12-26-15-17-28-18-16-26/h4,6-7,19H,2-3,5,8-18H2,1H3. The number of morpholine rings is 1. The summed E-state index contributed by atoms with van der Waals surface area (Å²) in [6.45, 7) is 10.3. The quantitative estimate of drug-likeness (QED) is 0.616. The van der Waals surface area contributed by atoms with Gasteiger partial charge in [0, 0.05) is 24.5 Å². The van der Waals surface area contributed by atoms with Crippen molar-refractivity contribution in [1.82, 2.24) is 9.80 Å². The van der Waals surface area contributed by atoms with Crippen molar-refractivity contribution in [3.8, 4) is 0 Å². The Labute approximate surface area is 175 Å². The van der Waals surface area contributed by atoms with Crippen LogP contribution in [0.2, 0.25) is 5.02 Å². The van der Waals surface area contributed by atoms with Crippen LogP contribution in [0.1, 0.15) is 51.0 Å². The molecule has 0 N–H and O–H groups in total. The lowest BCUT2D eigenvalue weighted by Crippen LogP contribution is -2.48. The number of Topliss-reactive ketones (excluding diaryl/α,β-unsaturated/α-hetero) is 1. The van der Waals surface area contributed by atoms with Crippen LogP contribution in [0.3, 0.4) is 0 Å². The molecule has 1 aromatic carbocycles. The Hall–Kier alpha value is -0.940. The fourth-order valence-corrected chi connectivity index (χ4v) is 4.78. The Morgan fingerprint density at radius 1 is 1.07 bits per heavy atom. The van der Waals surface area contributed by atoms with Gasteiger partial charge in [-0.15, -0.1) is 0 Å². The summed E-state index contributed by atoms with van der Waals surface area (Å²) in [5.41, 5.74) is 0.773. The molecule has 0 unspecified atom stereocenters. The van der Waals surface area contributed by atoms with Crippen molar-refractivity contribution in [3.05, 3.63) is 34.9 Å². The Morgan fingerprint density at radius 2 is 1.75 bits per heavy atom. The summed E-state index contributed by atoms with van der Waals surface area (Å²) >= 11 is 6.27. The van der Waals surface area contributed by atoms with Crippen molar-refractivity contribution >= 4 is 17.4 Å². The summed E-state index contributed by atoms with van der Waals surface area (Å²) in [6, 6.07) is 8.00. The molecule has 0 amide bonds. The maximum absolute atomic E-state index is 13.2. The third kappa shape index (κ3) is 5.56. The number of unbranched alkanes of at least 4 members (excludes halogenated alkanes) is 1. The highest BCUT2D eigenvalue weighted by molar-refractivity contribution is 6.30. The number of carbonyl (C=O) groups excluding carboxylic acids is 1. The minimum absolute atomic E-state index is 0.346. The molecule has 2 heterocycles. The largest absolute Gasteiger partial charge is 0.379 e. The molecule has 2 aliphatic rings. The van der Waals surface area contributed by atoms with E-state index in [1.54, 1.807) is 0 Å². The number of ketones is 1. The van der Waals surface area contributed by atoms with Gasteiger partial charge in [0.2, 0.25) is 0 Å². The van der Waals surface area contributed by atoms with Crippen LogP contribution >= 0.6 is 11.6 Å². The normalized spacial score (nSPS) is 20.9. The maximum atomic E-state index is 13.2. The van der Waals surface area contributed by atoms with Gasteiger partial charge in [0.1, 0.15) is 5.78 Å². The van der Waals surface area contributed by atoms with Crippen LogP contribution in [-0.4, -0.2) is 68.1 Å². The zero-order valence-corrected chi connectivity index (χ0v) is 18.1. The molecule has 0 aromatic heterocycles. The van der Waals surface area contributed by atoms with Crippen molar-refractivity contribution in [2.75, 3.05) is 52.5 Å². The maximum Gasteiger partial charge on any atom is 0.143 e. The first-order valence-electron chi connectivity index (χ1n) is 11.0. The van der Waals surface area contributed by atoms with Gasteiger partial charge in [-0.2, -0.15) is 0 Å². The molecule has 0 saturated carbocycles. The zero-order chi connectivity index (χ0) is 19.8. The van der Waals surface area contributed by atoms with E-state index in [0.29, 0.717) is 12.2 Å². The summed E-state index contributed by atoms with van der Waals surface area (Å²) in [5, 5.41) is 0.730. The first kappa shape index (κ1) is 21.8. The van der Waals surface area contributed by atoms with E-state index in [0.717, 1.165) is 88.8 Å². The smallest absolute Gasteiger partial charge is 0.143 e. The predicted molar refractivity (Wildman–Crippen MR) is 115 cm³/mol. The zero-order valence-electron chi connectivity index (χ0n) is 17.3. The van der Waals surface area contributed by atoms with Crippen molar-refractivity contribution in [2.45, 2.75) is 50.9 Å². The fraction of sp³-hybridized carbons (Fsp3) is 0.696. The molecule has 4 nitrogen and oxygen atoms in total. The van der Waals surface area contributed by atoms with E-state index in [9.17, 15) is 4.79 Å². The van der Waals surface area contributed by atoms with Crippen LogP contribution in [0.4, 0.5) is 0 Å². The molecule has 28 heavy (non-hydrogen) atoms. The second-order valence-electron chi connectivity index (χ2n) is 8.27. The van der Waals surface area contributed by atoms with Crippen LogP contribution < -0.4 is 0 Å². The van der Waals surface area contributed by atoms with Crippen LogP contribution in [0.25, 0.3) is 0 Å². The van der Waals surface area contributed by atoms with E-state index < -0.39 is 0 Å². The van der Waals surface area contributed by atoms with Crippen LogP contribution in [0.5, 0.6) is 0 Å². The number of nitrogens with zero attached hydrogens (tertiary/aromatic N) is 2. The number of hydrogen-bond acceptors (Lipinski definition) is 4. The van der Waals surface area contributed by atoms with E-state index in [1.807, 2.05) is 18.2 Å². The fourth-order valence-electron chi connectivity index (χ4n) is 4.59. The minimum Gasteiger partial charge on any atom is -0.379 e. The van der Waals surface area contributed by atoms with Crippen LogP contribution in [-0.2, 0) is 14.9 Å². The van der Waals surface area contributed by atoms with Gasteiger partial charge in [-0.3, -0.25) is 9.69 Å². The lowest BCUT2D eigenvalue weighted by atomic mass is 9.68. The number of halogens is 1. The van der Waals surface area contributed by atoms with E-state index in [-0.39, 0.29) is 5.41 Å². The molecule has 0 atom stereocenters. The van der Waals surface area contributed by atoms with Crippen molar-refractivity contribution in [3.63, 3.8) is 0 Å². The number of ether oxygens (including phenoxy) is 1.